The van der Waals surface area contributed by atoms with Crippen LogP contribution in [0.3, 0.4) is 0 Å². The second kappa shape index (κ2) is 9.38. The van der Waals surface area contributed by atoms with E-state index in [0.29, 0.717) is 45.0 Å². The molecular weight excluding hydrogens is 454 g/mol. The van der Waals surface area contributed by atoms with Gasteiger partial charge >= 0.3 is 6.01 Å². The van der Waals surface area contributed by atoms with Crippen molar-refractivity contribution in [1.82, 2.24) is 14.8 Å². The minimum atomic E-state index is -0.408. The van der Waals surface area contributed by atoms with Crippen molar-refractivity contribution in [2.75, 3.05) is 11.9 Å². The van der Waals surface area contributed by atoms with Gasteiger partial charge < -0.3 is 10.1 Å². The van der Waals surface area contributed by atoms with Crippen molar-refractivity contribution < 1.29 is 13.9 Å². The minimum Gasteiger partial charge on any atom is -0.463 e. The van der Waals surface area contributed by atoms with Crippen molar-refractivity contribution in [3.8, 4) is 23.1 Å². The van der Waals surface area contributed by atoms with Gasteiger partial charge in [-0.05, 0) is 67.6 Å². The van der Waals surface area contributed by atoms with Crippen LogP contribution < -0.4 is 10.1 Å². The van der Waals surface area contributed by atoms with Gasteiger partial charge in [0.2, 0.25) is 0 Å². The van der Waals surface area contributed by atoms with E-state index in [1.54, 1.807) is 41.1 Å². The molecule has 0 saturated heterocycles. The summed E-state index contributed by atoms with van der Waals surface area (Å²) in [4.78, 5) is 17.0. The van der Waals surface area contributed by atoms with Crippen LogP contribution in [-0.2, 0) is 0 Å². The molecule has 4 rings (SSSR count). The Kier molecular flexibility index (Phi) is 6.39. The predicted octanol–water partition coefficient (Wildman–Crippen LogP) is 6.03. The van der Waals surface area contributed by atoms with Crippen LogP contribution in [0.25, 0.3) is 17.1 Å². The van der Waals surface area contributed by atoms with Crippen molar-refractivity contribution in [3.63, 3.8) is 0 Å². The normalized spacial score (nSPS) is 10.8. The fourth-order valence-corrected chi connectivity index (χ4v) is 3.30. The number of hydrogen-bond acceptors (Lipinski definition) is 4. The second-order valence-corrected chi connectivity index (χ2v) is 7.52. The van der Waals surface area contributed by atoms with Crippen molar-refractivity contribution in [2.24, 2.45) is 0 Å². The van der Waals surface area contributed by atoms with Crippen LogP contribution in [0.4, 0.5) is 10.1 Å². The highest BCUT2D eigenvalue weighted by atomic mass is 35.5. The number of anilines is 1. The van der Waals surface area contributed by atoms with Gasteiger partial charge in [0, 0.05) is 16.8 Å². The van der Waals surface area contributed by atoms with Crippen LogP contribution in [0.5, 0.6) is 6.01 Å². The highest BCUT2D eigenvalue weighted by Crippen LogP contribution is 2.30. The van der Waals surface area contributed by atoms with Gasteiger partial charge in [-0.15, -0.1) is 5.10 Å². The molecule has 9 heteroatoms. The maximum absolute atomic E-state index is 13.1. The second-order valence-electron chi connectivity index (χ2n) is 6.70. The van der Waals surface area contributed by atoms with Crippen LogP contribution in [0, 0.1) is 5.82 Å². The summed E-state index contributed by atoms with van der Waals surface area (Å²) in [6.45, 7) is 2.24. The molecule has 0 spiro atoms. The first kappa shape index (κ1) is 21.8. The monoisotopic (exact) mass is 470 g/mol. The third-order valence-corrected chi connectivity index (χ3v) is 5.23. The SMILES string of the molecule is CCOc1nc(-c2ccc(Cl)c(Cl)c2)n(-c2cccc(NC(=O)c3ccc(F)cc3)c2)n1. The number of rotatable bonds is 6. The molecular formula is C23H17Cl2FN4O2. The molecule has 4 aromatic rings. The van der Waals surface area contributed by atoms with Gasteiger partial charge in [0.15, 0.2) is 5.82 Å². The van der Waals surface area contributed by atoms with E-state index in [2.05, 4.69) is 15.4 Å². The lowest BCUT2D eigenvalue weighted by atomic mass is 10.2. The number of nitrogens with zero attached hydrogens (tertiary/aromatic N) is 3. The van der Waals surface area contributed by atoms with Gasteiger partial charge in [0.05, 0.1) is 22.3 Å². The molecule has 1 N–H and O–H groups in total. The van der Waals surface area contributed by atoms with Crippen molar-refractivity contribution in [2.45, 2.75) is 6.92 Å². The van der Waals surface area contributed by atoms with Gasteiger partial charge in [0.1, 0.15) is 5.82 Å². The molecule has 1 aromatic heterocycles. The van der Waals surface area contributed by atoms with E-state index >= 15 is 0 Å². The van der Waals surface area contributed by atoms with Crippen LogP contribution in [0.2, 0.25) is 10.0 Å². The lowest BCUT2D eigenvalue weighted by Crippen LogP contribution is -2.12. The van der Waals surface area contributed by atoms with Gasteiger partial charge in [-0.25, -0.2) is 9.07 Å². The molecule has 1 amide bonds. The number of benzene rings is 3. The number of halogens is 3. The van der Waals surface area contributed by atoms with Crippen LogP contribution >= 0.6 is 23.2 Å². The largest absolute Gasteiger partial charge is 0.463 e. The van der Waals surface area contributed by atoms with Gasteiger partial charge in [-0.2, -0.15) is 4.98 Å². The summed E-state index contributed by atoms with van der Waals surface area (Å²) in [5.74, 6) is -0.274. The Balaban J connectivity index is 1.69. The number of amides is 1. The zero-order valence-electron chi connectivity index (χ0n) is 16.8. The third-order valence-electron chi connectivity index (χ3n) is 4.49. The Labute approximate surface area is 193 Å². The first-order valence-corrected chi connectivity index (χ1v) is 10.4. The number of aromatic nitrogens is 3. The molecule has 0 bridgehead atoms. The van der Waals surface area contributed by atoms with E-state index in [4.69, 9.17) is 27.9 Å². The zero-order valence-corrected chi connectivity index (χ0v) is 18.4. The Morgan fingerprint density at radius 2 is 1.84 bits per heavy atom. The topological polar surface area (TPSA) is 69.0 Å². The molecule has 0 aliphatic carbocycles. The molecule has 0 unspecified atom stereocenters. The van der Waals surface area contributed by atoms with Crippen molar-refractivity contribution in [3.05, 3.63) is 88.2 Å². The Morgan fingerprint density at radius 1 is 1.06 bits per heavy atom. The fraction of sp³-hybridized carbons (Fsp3) is 0.0870. The molecule has 0 fully saturated rings. The third kappa shape index (κ3) is 4.74. The van der Waals surface area contributed by atoms with Gasteiger partial charge in [0.25, 0.3) is 5.91 Å². The van der Waals surface area contributed by atoms with Crippen LogP contribution in [-0.4, -0.2) is 27.3 Å². The fourth-order valence-electron chi connectivity index (χ4n) is 3.01. The van der Waals surface area contributed by atoms with E-state index in [9.17, 15) is 9.18 Å². The molecule has 3 aromatic carbocycles. The zero-order chi connectivity index (χ0) is 22.7. The van der Waals surface area contributed by atoms with E-state index in [1.165, 1.54) is 24.3 Å². The number of carbonyl (C=O) groups is 1. The predicted molar refractivity (Wildman–Crippen MR) is 122 cm³/mol. The molecule has 162 valence electrons. The summed E-state index contributed by atoms with van der Waals surface area (Å²) in [6.07, 6.45) is 0. The average Bonchev–Trinajstić information content (AvgIpc) is 3.20. The maximum atomic E-state index is 13.1. The summed E-state index contributed by atoms with van der Waals surface area (Å²) >= 11 is 12.2. The molecule has 1 heterocycles. The smallest absolute Gasteiger partial charge is 0.336 e. The molecule has 32 heavy (non-hydrogen) atoms. The first-order chi connectivity index (χ1) is 15.4. The van der Waals surface area contributed by atoms with Crippen LogP contribution in [0.1, 0.15) is 17.3 Å². The number of carbonyl (C=O) groups excluding carboxylic acids is 1. The number of hydrogen-bond donors (Lipinski definition) is 1. The maximum Gasteiger partial charge on any atom is 0.336 e. The van der Waals surface area contributed by atoms with Gasteiger partial charge in [-0.1, -0.05) is 29.3 Å². The quantitative estimate of drug-likeness (QED) is 0.373. The molecule has 0 radical (unpaired) electrons. The summed E-state index contributed by atoms with van der Waals surface area (Å²) in [5.41, 5.74) is 2.21. The van der Waals surface area contributed by atoms with E-state index in [-0.39, 0.29) is 11.9 Å². The summed E-state index contributed by atoms with van der Waals surface area (Å²) in [6, 6.07) is 17.7. The van der Waals surface area contributed by atoms with Crippen molar-refractivity contribution in [1.29, 1.82) is 0 Å². The van der Waals surface area contributed by atoms with Gasteiger partial charge in [-0.3, -0.25) is 4.79 Å². The Hall–Kier alpha value is -3.42. The lowest BCUT2D eigenvalue weighted by molar-refractivity contribution is 0.102. The molecule has 0 atom stereocenters. The molecule has 0 aliphatic rings. The molecule has 0 saturated carbocycles. The number of nitrogens with one attached hydrogen (secondary N) is 1. The summed E-state index contributed by atoms with van der Waals surface area (Å²) in [7, 11) is 0. The minimum absolute atomic E-state index is 0.203. The highest BCUT2D eigenvalue weighted by molar-refractivity contribution is 6.42. The molecule has 0 aliphatic heterocycles. The standard InChI is InChI=1S/C23H17Cl2FN4O2/c1-2-32-23-28-21(15-8-11-19(24)20(25)12-15)30(29-23)18-5-3-4-17(13-18)27-22(31)14-6-9-16(26)10-7-14/h3-13H,2H2,1H3,(H,27,31). The van der Waals surface area contributed by atoms with E-state index in [1.807, 2.05) is 13.0 Å². The Morgan fingerprint density at radius 3 is 2.56 bits per heavy atom. The van der Waals surface area contributed by atoms with E-state index < -0.39 is 5.82 Å². The van der Waals surface area contributed by atoms with Crippen molar-refractivity contribution >= 4 is 34.8 Å². The summed E-state index contributed by atoms with van der Waals surface area (Å²) in [5, 5.41) is 8.06. The first-order valence-electron chi connectivity index (χ1n) is 9.67. The van der Waals surface area contributed by atoms with E-state index in [0.717, 1.165) is 0 Å². The summed E-state index contributed by atoms with van der Waals surface area (Å²) < 4.78 is 20.2. The number of ether oxygens (including phenoxy) is 1. The Bertz CT molecular complexity index is 1280. The lowest BCUT2D eigenvalue weighted by Gasteiger charge is -2.10. The average molecular weight is 471 g/mol. The van der Waals surface area contributed by atoms with Crippen LogP contribution in [0.15, 0.2) is 66.7 Å². The highest BCUT2D eigenvalue weighted by Gasteiger charge is 2.16. The molecule has 6 nitrogen and oxygen atoms in total.